The molecule has 1 unspecified atom stereocenters. The first-order chi connectivity index (χ1) is 12.4. The Morgan fingerprint density at radius 3 is 2.62 bits per heavy atom. The molecular weight excluding hydrogens is 344 g/mol. The van der Waals surface area contributed by atoms with Crippen molar-refractivity contribution < 1.29 is 4.79 Å². The third kappa shape index (κ3) is 5.63. The zero-order chi connectivity index (χ0) is 19.1. The van der Waals surface area contributed by atoms with E-state index in [1.807, 2.05) is 23.1 Å². The van der Waals surface area contributed by atoms with E-state index in [9.17, 15) is 4.79 Å². The molecule has 0 N–H and O–H groups in total. The van der Waals surface area contributed by atoms with Crippen LogP contribution in [-0.2, 0) is 17.9 Å². The van der Waals surface area contributed by atoms with Crippen molar-refractivity contribution in [2.75, 3.05) is 0 Å². The normalized spacial score (nSPS) is 12.4. The van der Waals surface area contributed by atoms with Crippen LogP contribution in [0.1, 0.15) is 58.2 Å². The van der Waals surface area contributed by atoms with Gasteiger partial charge in [0.1, 0.15) is 0 Å². The molecule has 4 heteroatoms. The first-order valence-corrected chi connectivity index (χ1v) is 9.98. The van der Waals surface area contributed by atoms with Crippen LogP contribution in [0.3, 0.4) is 0 Å². The fourth-order valence-corrected chi connectivity index (χ4v) is 3.26. The molecule has 1 aromatic carbocycles. The monoisotopic (exact) mass is 374 g/mol. The van der Waals surface area contributed by atoms with Crippen LogP contribution in [0.25, 0.3) is 0 Å². The molecule has 2 aromatic rings. The SMILES string of the molecule is CCCCC(=O)N(Cc1cccn1Cc1cccc(Cl)c1)C(C)C(C)C. The maximum Gasteiger partial charge on any atom is 0.223 e. The molecular formula is C22H31ClN2O. The van der Waals surface area contributed by atoms with E-state index in [0.717, 1.165) is 35.7 Å². The van der Waals surface area contributed by atoms with Crippen LogP contribution in [0.2, 0.25) is 5.02 Å². The summed E-state index contributed by atoms with van der Waals surface area (Å²) in [7, 11) is 0. The van der Waals surface area contributed by atoms with Crippen molar-refractivity contribution in [3.05, 3.63) is 58.9 Å². The molecule has 0 bridgehead atoms. The van der Waals surface area contributed by atoms with Crippen molar-refractivity contribution in [3.63, 3.8) is 0 Å². The molecule has 0 aliphatic heterocycles. The van der Waals surface area contributed by atoms with Gasteiger partial charge in [0.05, 0.1) is 6.54 Å². The van der Waals surface area contributed by atoms with Crippen molar-refractivity contribution in [2.45, 2.75) is 66.1 Å². The van der Waals surface area contributed by atoms with E-state index >= 15 is 0 Å². The van der Waals surface area contributed by atoms with Crippen molar-refractivity contribution in [1.29, 1.82) is 0 Å². The first kappa shape index (κ1) is 20.6. The second kappa shape index (κ2) is 9.82. The number of amides is 1. The van der Waals surface area contributed by atoms with Gasteiger partial charge in [-0.25, -0.2) is 0 Å². The minimum atomic E-state index is 0.217. The Hall–Kier alpha value is -1.74. The minimum absolute atomic E-state index is 0.217. The molecule has 26 heavy (non-hydrogen) atoms. The van der Waals surface area contributed by atoms with Crippen LogP contribution < -0.4 is 0 Å². The van der Waals surface area contributed by atoms with Crippen LogP contribution in [0.15, 0.2) is 42.6 Å². The number of aromatic nitrogens is 1. The summed E-state index contributed by atoms with van der Waals surface area (Å²) in [6.07, 6.45) is 4.69. The molecule has 1 aromatic heterocycles. The van der Waals surface area contributed by atoms with E-state index in [1.54, 1.807) is 0 Å². The number of carbonyl (C=O) groups is 1. The highest BCUT2D eigenvalue weighted by molar-refractivity contribution is 6.30. The maximum absolute atomic E-state index is 12.8. The molecule has 0 aliphatic rings. The molecule has 0 aliphatic carbocycles. The topological polar surface area (TPSA) is 25.2 Å². The number of carbonyl (C=O) groups excluding carboxylic acids is 1. The van der Waals surface area contributed by atoms with Crippen molar-refractivity contribution in [2.24, 2.45) is 5.92 Å². The summed E-state index contributed by atoms with van der Waals surface area (Å²) in [4.78, 5) is 14.8. The summed E-state index contributed by atoms with van der Waals surface area (Å²) < 4.78 is 2.21. The van der Waals surface area contributed by atoms with Crippen LogP contribution in [0, 0.1) is 5.92 Å². The van der Waals surface area contributed by atoms with E-state index in [1.165, 1.54) is 0 Å². The number of nitrogens with zero attached hydrogens (tertiary/aromatic N) is 2. The Morgan fingerprint density at radius 2 is 1.96 bits per heavy atom. The summed E-state index contributed by atoms with van der Waals surface area (Å²) in [6.45, 7) is 10.0. The highest BCUT2D eigenvalue weighted by atomic mass is 35.5. The van der Waals surface area contributed by atoms with Crippen LogP contribution in [0.5, 0.6) is 0 Å². The molecule has 0 spiro atoms. The zero-order valence-electron chi connectivity index (χ0n) is 16.4. The molecule has 1 amide bonds. The third-order valence-corrected chi connectivity index (χ3v) is 5.25. The largest absolute Gasteiger partial charge is 0.345 e. The Kier molecular flexibility index (Phi) is 7.77. The lowest BCUT2D eigenvalue weighted by atomic mass is 10.0. The molecule has 0 radical (unpaired) electrons. The van der Waals surface area contributed by atoms with Gasteiger partial charge in [0.25, 0.3) is 0 Å². The third-order valence-electron chi connectivity index (χ3n) is 5.02. The van der Waals surface area contributed by atoms with Crippen LogP contribution in [0.4, 0.5) is 0 Å². The second-order valence-corrected chi connectivity index (χ2v) is 7.80. The molecule has 1 atom stereocenters. The number of rotatable bonds is 9. The fraction of sp³-hybridized carbons (Fsp3) is 0.500. The Labute approximate surface area is 163 Å². The van der Waals surface area contributed by atoms with Gasteiger partial charge in [-0.05, 0) is 49.1 Å². The average Bonchev–Trinajstić information content (AvgIpc) is 3.03. The Balaban J connectivity index is 2.18. The molecule has 1 heterocycles. The van der Waals surface area contributed by atoms with Gasteiger partial charge in [-0.2, -0.15) is 0 Å². The first-order valence-electron chi connectivity index (χ1n) is 9.60. The summed E-state index contributed by atoms with van der Waals surface area (Å²) >= 11 is 6.11. The predicted molar refractivity (Wildman–Crippen MR) is 109 cm³/mol. The second-order valence-electron chi connectivity index (χ2n) is 7.37. The smallest absolute Gasteiger partial charge is 0.223 e. The van der Waals surface area contributed by atoms with Gasteiger partial charge in [0.2, 0.25) is 5.91 Å². The summed E-state index contributed by atoms with van der Waals surface area (Å²) in [5.41, 5.74) is 2.32. The molecule has 0 saturated heterocycles. The van der Waals surface area contributed by atoms with Gasteiger partial charge >= 0.3 is 0 Å². The van der Waals surface area contributed by atoms with E-state index in [-0.39, 0.29) is 11.9 Å². The maximum atomic E-state index is 12.8. The highest BCUT2D eigenvalue weighted by Gasteiger charge is 2.23. The van der Waals surface area contributed by atoms with Gasteiger partial charge in [-0.3, -0.25) is 4.79 Å². The fourth-order valence-electron chi connectivity index (χ4n) is 3.04. The standard InChI is InChI=1S/C22H31ClN2O/c1-5-6-12-22(26)25(18(4)17(2)3)16-21-11-8-13-24(21)15-19-9-7-10-20(23)14-19/h7-11,13-14,17-18H,5-6,12,15-16H2,1-4H3. The molecule has 3 nitrogen and oxygen atoms in total. The molecule has 0 saturated carbocycles. The van der Waals surface area contributed by atoms with E-state index in [4.69, 9.17) is 11.6 Å². The molecule has 0 fully saturated rings. The van der Waals surface area contributed by atoms with Gasteiger partial charge in [0.15, 0.2) is 0 Å². The molecule has 142 valence electrons. The van der Waals surface area contributed by atoms with E-state index < -0.39 is 0 Å². The highest BCUT2D eigenvalue weighted by Crippen LogP contribution is 2.19. The van der Waals surface area contributed by atoms with Crippen molar-refractivity contribution in [1.82, 2.24) is 9.47 Å². The lowest BCUT2D eigenvalue weighted by molar-refractivity contribution is -0.135. The van der Waals surface area contributed by atoms with E-state index in [0.29, 0.717) is 18.9 Å². The summed E-state index contributed by atoms with van der Waals surface area (Å²) in [5.74, 6) is 0.681. The van der Waals surface area contributed by atoms with Crippen LogP contribution in [-0.4, -0.2) is 21.4 Å². The number of benzene rings is 1. The number of halogens is 1. The van der Waals surface area contributed by atoms with Gasteiger partial charge in [0, 0.05) is 35.9 Å². The lowest BCUT2D eigenvalue weighted by Crippen LogP contribution is -2.41. The number of hydrogen-bond donors (Lipinski definition) is 0. The quantitative estimate of drug-likeness (QED) is 0.548. The summed E-state index contributed by atoms with van der Waals surface area (Å²) in [5, 5.41) is 0.751. The Morgan fingerprint density at radius 1 is 1.19 bits per heavy atom. The lowest BCUT2D eigenvalue weighted by Gasteiger charge is -2.32. The minimum Gasteiger partial charge on any atom is -0.345 e. The molecule has 2 rings (SSSR count). The van der Waals surface area contributed by atoms with Crippen molar-refractivity contribution >= 4 is 17.5 Å². The van der Waals surface area contributed by atoms with Crippen molar-refractivity contribution in [3.8, 4) is 0 Å². The summed E-state index contributed by atoms with van der Waals surface area (Å²) in [6, 6.07) is 12.3. The Bertz CT molecular complexity index is 708. The number of hydrogen-bond acceptors (Lipinski definition) is 1. The van der Waals surface area contributed by atoms with Crippen LogP contribution >= 0.6 is 11.6 Å². The zero-order valence-corrected chi connectivity index (χ0v) is 17.2. The average molecular weight is 375 g/mol. The number of unbranched alkanes of at least 4 members (excludes halogenated alkanes) is 1. The predicted octanol–water partition coefficient (Wildman–Crippen LogP) is 5.75. The van der Waals surface area contributed by atoms with Gasteiger partial charge < -0.3 is 9.47 Å². The van der Waals surface area contributed by atoms with Gasteiger partial charge in [-0.15, -0.1) is 0 Å². The van der Waals surface area contributed by atoms with E-state index in [2.05, 4.69) is 56.7 Å². The van der Waals surface area contributed by atoms with Gasteiger partial charge in [-0.1, -0.05) is 50.9 Å².